The van der Waals surface area contributed by atoms with Crippen LogP contribution in [0.5, 0.6) is 0 Å². The molecule has 1 unspecified atom stereocenters. The molecule has 0 saturated carbocycles. The van der Waals surface area contributed by atoms with Gasteiger partial charge < -0.3 is 10.4 Å². The van der Waals surface area contributed by atoms with Gasteiger partial charge in [-0.3, -0.25) is 4.79 Å². The van der Waals surface area contributed by atoms with Crippen LogP contribution in [-0.4, -0.2) is 17.6 Å². The van der Waals surface area contributed by atoms with Crippen molar-refractivity contribution in [2.24, 2.45) is 5.92 Å². The summed E-state index contributed by atoms with van der Waals surface area (Å²) in [6, 6.07) is 3.94. The van der Waals surface area contributed by atoms with Crippen LogP contribution in [0.15, 0.2) is 15.9 Å². The number of rotatable bonds is 5. The van der Waals surface area contributed by atoms with Gasteiger partial charge in [-0.05, 0) is 34.0 Å². The average molecular weight is 278 g/mol. The first kappa shape index (κ1) is 11.5. The van der Waals surface area contributed by atoms with Crippen molar-refractivity contribution < 1.29 is 9.90 Å². The van der Waals surface area contributed by atoms with E-state index in [4.69, 9.17) is 5.11 Å². The summed E-state index contributed by atoms with van der Waals surface area (Å²) in [5.74, 6) is -0.597. The van der Waals surface area contributed by atoms with Gasteiger partial charge in [-0.2, -0.15) is 0 Å². The lowest BCUT2D eigenvalue weighted by atomic mass is 10.1. The van der Waals surface area contributed by atoms with Crippen LogP contribution in [0.2, 0.25) is 0 Å². The third kappa shape index (κ3) is 4.11. The molecule has 78 valence electrons. The Kier molecular flexibility index (Phi) is 4.41. The molecule has 1 atom stereocenters. The molecule has 14 heavy (non-hydrogen) atoms. The summed E-state index contributed by atoms with van der Waals surface area (Å²) in [5, 5.41) is 12.8. The summed E-state index contributed by atoms with van der Waals surface area (Å²) >= 11 is 4.97. The minimum atomic E-state index is -0.744. The van der Waals surface area contributed by atoms with E-state index in [2.05, 4.69) is 21.2 Å². The Labute approximate surface area is 95.3 Å². The number of anilines is 1. The lowest BCUT2D eigenvalue weighted by Crippen LogP contribution is -2.14. The van der Waals surface area contributed by atoms with Crippen molar-refractivity contribution in [2.45, 2.75) is 13.3 Å². The fourth-order valence-corrected chi connectivity index (χ4v) is 2.35. The van der Waals surface area contributed by atoms with Crippen molar-refractivity contribution >= 4 is 38.2 Å². The number of thiophene rings is 1. The Bertz CT molecular complexity index is 314. The van der Waals surface area contributed by atoms with Crippen LogP contribution in [0.1, 0.15) is 13.3 Å². The van der Waals surface area contributed by atoms with Gasteiger partial charge in [0.05, 0.1) is 8.79 Å². The standard InChI is InChI=1S/C9H12BrNO2S/c1-6(4-9(12)13)5-11-8-3-2-7(10)14-8/h2-3,6,11H,4-5H2,1H3,(H,12,13). The fraction of sp³-hybridized carbons (Fsp3) is 0.444. The Morgan fingerprint density at radius 2 is 2.43 bits per heavy atom. The third-order valence-corrected chi connectivity index (χ3v) is 3.30. The first-order valence-electron chi connectivity index (χ1n) is 4.29. The largest absolute Gasteiger partial charge is 0.481 e. The van der Waals surface area contributed by atoms with Gasteiger partial charge >= 0.3 is 5.97 Å². The van der Waals surface area contributed by atoms with Crippen molar-refractivity contribution in [1.29, 1.82) is 0 Å². The number of aliphatic carboxylic acids is 1. The van der Waals surface area contributed by atoms with Crippen LogP contribution in [0.4, 0.5) is 5.00 Å². The van der Waals surface area contributed by atoms with Crippen LogP contribution in [-0.2, 0) is 4.79 Å². The Morgan fingerprint density at radius 3 is 2.93 bits per heavy atom. The number of hydrogen-bond acceptors (Lipinski definition) is 3. The van der Waals surface area contributed by atoms with Gasteiger partial charge in [-0.1, -0.05) is 6.92 Å². The molecule has 0 amide bonds. The highest BCUT2D eigenvalue weighted by Crippen LogP contribution is 2.26. The molecule has 0 aliphatic rings. The summed E-state index contributed by atoms with van der Waals surface area (Å²) in [5.41, 5.74) is 0. The van der Waals surface area contributed by atoms with Gasteiger partial charge in [-0.15, -0.1) is 11.3 Å². The van der Waals surface area contributed by atoms with Crippen LogP contribution < -0.4 is 5.32 Å². The number of nitrogens with one attached hydrogen (secondary N) is 1. The molecule has 0 aliphatic carbocycles. The highest BCUT2D eigenvalue weighted by molar-refractivity contribution is 9.11. The molecular weight excluding hydrogens is 266 g/mol. The van der Waals surface area contributed by atoms with Crippen LogP contribution >= 0.6 is 27.3 Å². The molecule has 1 heterocycles. The summed E-state index contributed by atoms with van der Waals surface area (Å²) < 4.78 is 1.07. The highest BCUT2D eigenvalue weighted by atomic mass is 79.9. The minimum absolute atomic E-state index is 0.147. The summed E-state index contributed by atoms with van der Waals surface area (Å²) in [7, 11) is 0. The zero-order valence-electron chi connectivity index (χ0n) is 7.79. The molecule has 0 radical (unpaired) electrons. The molecule has 3 nitrogen and oxygen atoms in total. The molecule has 0 spiro atoms. The van der Waals surface area contributed by atoms with E-state index in [-0.39, 0.29) is 12.3 Å². The first-order valence-corrected chi connectivity index (χ1v) is 5.90. The maximum absolute atomic E-state index is 10.4. The van der Waals surface area contributed by atoms with E-state index in [1.54, 1.807) is 11.3 Å². The Balaban J connectivity index is 2.30. The van der Waals surface area contributed by atoms with E-state index in [0.29, 0.717) is 6.54 Å². The monoisotopic (exact) mass is 277 g/mol. The van der Waals surface area contributed by atoms with Crippen molar-refractivity contribution in [3.63, 3.8) is 0 Å². The quantitative estimate of drug-likeness (QED) is 0.870. The zero-order chi connectivity index (χ0) is 10.6. The second kappa shape index (κ2) is 5.36. The molecule has 0 aliphatic heterocycles. The van der Waals surface area contributed by atoms with E-state index in [1.807, 2.05) is 19.1 Å². The van der Waals surface area contributed by atoms with Gasteiger partial charge in [0.1, 0.15) is 0 Å². The highest BCUT2D eigenvalue weighted by Gasteiger charge is 2.07. The van der Waals surface area contributed by atoms with Gasteiger partial charge in [0.2, 0.25) is 0 Å². The average Bonchev–Trinajstić information content (AvgIpc) is 2.47. The fourth-order valence-electron chi connectivity index (χ4n) is 1.05. The number of halogens is 1. The van der Waals surface area contributed by atoms with Gasteiger partial charge in [0.25, 0.3) is 0 Å². The number of carboxylic acids is 1. The molecule has 1 rings (SSSR count). The van der Waals surface area contributed by atoms with E-state index in [9.17, 15) is 4.79 Å². The number of hydrogen-bond donors (Lipinski definition) is 2. The van der Waals surface area contributed by atoms with Crippen molar-refractivity contribution in [2.75, 3.05) is 11.9 Å². The molecule has 0 bridgehead atoms. The van der Waals surface area contributed by atoms with E-state index in [0.717, 1.165) is 8.79 Å². The molecular formula is C9H12BrNO2S. The Morgan fingerprint density at radius 1 is 1.71 bits per heavy atom. The number of carbonyl (C=O) groups is 1. The zero-order valence-corrected chi connectivity index (χ0v) is 10.2. The van der Waals surface area contributed by atoms with E-state index >= 15 is 0 Å². The van der Waals surface area contributed by atoms with Crippen molar-refractivity contribution in [1.82, 2.24) is 0 Å². The lowest BCUT2D eigenvalue weighted by Gasteiger charge is -2.09. The lowest BCUT2D eigenvalue weighted by molar-refractivity contribution is -0.137. The molecule has 1 aromatic heterocycles. The molecule has 0 aromatic carbocycles. The maximum atomic E-state index is 10.4. The molecule has 2 N–H and O–H groups in total. The molecule has 1 aromatic rings. The SMILES string of the molecule is CC(CNc1ccc(Br)s1)CC(=O)O. The molecule has 5 heteroatoms. The molecule has 0 saturated heterocycles. The van der Waals surface area contributed by atoms with Gasteiger partial charge in [0, 0.05) is 13.0 Å². The van der Waals surface area contributed by atoms with Crippen molar-refractivity contribution in [3.05, 3.63) is 15.9 Å². The van der Waals surface area contributed by atoms with Crippen LogP contribution in [0, 0.1) is 5.92 Å². The predicted octanol–water partition coefficient (Wildman–Crippen LogP) is 3.03. The topological polar surface area (TPSA) is 49.3 Å². The summed E-state index contributed by atoms with van der Waals surface area (Å²) in [4.78, 5) is 10.4. The van der Waals surface area contributed by atoms with Crippen molar-refractivity contribution in [3.8, 4) is 0 Å². The normalized spacial score (nSPS) is 12.4. The number of carboxylic acid groups (broad SMARTS) is 1. The third-order valence-electron chi connectivity index (χ3n) is 1.72. The smallest absolute Gasteiger partial charge is 0.303 e. The van der Waals surface area contributed by atoms with E-state index in [1.165, 1.54) is 0 Å². The second-order valence-corrected chi connectivity index (χ2v) is 5.65. The first-order chi connectivity index (χ1) is 6.58. The maximum Gasteiger partial charge on any atom is 0.303 e. The van der Waals surface area contributed by atoms with E-state index < -0.39 is 5.97 Å². The summed E-state index contributed by atoms with van der Waals surface area (Å²) in [6.07, 6.45) is 0.208. The second-order valence-electron chi connectivity index (χ2n) is 3.19. The summed E-state index contributed by atoms with van der Waals surface area (Å²) in [6.45, 7) is 2.61. The van der Waals surface area contributed by atoms with Crippen LogP contribution in [0.3, 0.4) is 0 Å². The Hall–Kier alpha value is -0.550. The molecule has 0 fully saturated rings. The van der Waals surface area contributed by atoms with Crippen LogP contribution in [0.25, 0.3) is 0 Å². The van der Waals surface area contributed by atoms with Gasteiger partial charge in [0.15, 0.2) is 0 Å². The minimum Gasteiger partial charge on any atom is -0.481 e. The van der Waals surface area contributed by atoms with Gasteiger partial charge in [-0.25, -0.2) is 0 Å². The predicted molar refractivity (Wildman–Crippen MR) is 61.9 cm³/mol.